The van der Waals surface area contributed by atoms with Gasteiger partial charge in [0.1, 0.15) is 5.76 Å². The Morgan fingerprint density at radius 2 is 1.24 bits per heavy atom. The number of allylic oxidation sites excluding steroid dienone is 2. The summed E-state index contributed by atoms with van der Waals surface area (Å²) >= 11 is 0. The maximum Gasteiger partial charge on any atom is 0.277 e. The second kappa shape index (κ2) is 21.3. The molecule has 1 aromatic rings. The number of hydrogen-bond acceptors (Lipinski definition) is 6. The summed E-state index contributed by atoms with van der Waals surface area (Å²) in [5, 5.41) is 22.6. The lowest BCUT2D eigenvalue weighted by Gasteiger charge is -2.41. The molecule has 5 fully saturated rings. The fourth-order valence-corrected chi connectivity index (χ4v) is 13.0. The van der Waals surface area contributed by atoms with E-state index >= 15 is 4.79 Å². The van der Waals surface area contributed by atoms with Crippen LogP contribution in [-0.2, 0) is 14.4 Å². The Kier molecular flexibility index (Phi) is 15.6. The largest absolute Gasteiger partial charge is 0.506 e. The number of nitrogens with one attached hydrogen (secondary N) is 1. The van der Waals surface area contributed by atoms with Gasteiger partial charge < -0.3 is 15.3 Å². The van der Waals surface area contributed by atoms with Crippen LogP contribution in [0.25, 0.3) is 5.57 Å². The molecule has 7 aliphatic rings. The molecule has 1 aromatic carbocycles. The van der Waals surface area contributed by atoms with Gasteiger partial charge in [-0.05, 0) is 118 Å². The van der Waals surface area contributed by atoms with Gasteiger partial charge >= 0.3 is 0 Å². The van der Waals surface area contributed by atoms with Crippen LogP contribution in [0.2, 0.25) is 0 Å². The monoisotopic (exact) mass is 863 g/mol. The van der Waals surface area contributed by atoms with Crippen LogP contribution in [0.3, 0.4) is 0 Å². The van der Waals surface area contributed by atoms with E-state index in [0.717, 1.165) is 75.6 Å². The minimum Gasteiger partial charge on any atom is -0.506 e. The van der Waals surface area contributed by atoms with E-state index in [2.05, 4.69) is 22.3 Å². The number of Topliss-reactive ketones (excluding diaryl/α,β-unsaturated/α-hetero) is 1. The number of ketones is 1. The highest BCUT2D eigenvalue weighted by atomic mass is 16.3. The number of aliphatic hydroxyl groups is 1. The Labute approximate surface area is 380 Å². The number of amides is 2. The molecular formula is C55H82N4O4. The Hall–Kier alpha value is -3.42. The van der Waals surface area contributed by atoms with Crippen molar-refractivity contribution in [1.29, 1.82) is 0 Å². The predicted octanol–water partition coefficient (Wildman–Crippen LogP) is 13.7. The molecule has 8 rings (SSSR count). The number of carbonyl (C=O) groups excluding carboxylic acids is 3. The predicted molar refractivity (Wildman–Crippen MR) is 258 cm³/mol. The van der Waals surface area contributed by atoms with Gasteiger partial charge in [0.05, 0.1) is 34.2 Å². The quantitative estimate of drug-likeness (QED) is 0.135. The summed E-state index contributed by atoms with van der Waals surface area (Å²) in [5.74, 6) is 2.35. The van der Waals surface area contributed by atoms with Crippen LogP contribution in [0.4, 0.5) is 11.4 Å². The Balaban J connectivity index is 1.13. The average Bonchev–Trinajstić information content (AvgIpc) is 4.16. The molecule has 0 atom stereocenters. The van der Waals surface area contributed by atoms with Gasteiger partial charge in [-0.25, -0.2) is 5.01 Å². The Morgan fingerprint density at radius 3 is 1.75 bits per heavy atom. The molecule has 2 N–H and O–H groups in total. The lowest BCUT2D eigenvalue weighted by molar-refractivity contribution is -0.131. The zero-order valence-corrected chi connectivity index (χ0v) is 39.6. The topological polar surface area (TPSA) is 102 Å². The van der Waals surface area contributed by atoms with Crippen LogP contribution < -0.4 is 10.2 Å². The number of aliphatic hydroxyl groups excluding tert-OH is 1. The minimum absolute atomic E-state index is 0.0361. The molecule has 5 saturated carbocycles. The van der Waals surface area contributed by atoms with Gasteiger partial charge in [-0.1, -0.05) is 136 Å². The maximum atomic E-state index is 15.0. The molecule has 0 unspecified atom stereocenters. The summed E-state index contributed by atoms with van der Waals surface area (Å²) in [5.41, 5.74) is 2.85. The summed E-state index contributed by atoms with van der Waals surface area (Å²) in [4.78, 5) is 46.3. The van der Waals surface area contributed by atoms with E-state index in [-0.39, 0.29) is 40.5 Å². The molecule has 0 radical (unpaired) electrons. The summed E-state index contributed by atoms with van der Waals surface area (Å²) in [7, 11) is 0. The number of rotatable bonds is 19. The second-order valence-electron chi connectivity index (χ2n) is 22.0. The summed E-state index contributed by atoms with van der Waals surface area (Å²) < 4.78 is 0. The van der Waals surface area contributed by atoms with Crippen molar-refractivity contribution in [3.8, 4) is 0 Å². The van der Waals surface area contributed by atoms with Crippen LogP contribution in [0, 0.1) is 35.0 Å². The molecule has 0 spiro atoms. The minimum atomic E-state index is -0.625. The highest BCUT2D eigenvalue weighted by Gasteiger charge is 2.48. The fraction of sp³-hybridized carbons (Fsp3) is 0.745. The highest BCUT2D eigenvalue weighted by Crippen LogP contribution is 2.47. The molecule has 346 valence electrons. The van der Waals surface area contributed by atoms with Crippen LogP contribution in [0.1, 0.15) is 213 Å². The van der Waals surface area contributed by atoms with Crippen LogP contribution in [0.15, 0.2) is 40.2 Å². The Bertz CT molecular complexity index is 1820. The molecule has 1 heterocycles. The molecule has 0 saturated heterocycles. The zero-order chi connectivity index (χ0) is 43.9. The first-order valence-electron chi connectivity index (χ1n) is 26.5. The number of benzene rings is 1. The molecule has 1 aliphatic heterocycles. The van der Waals surface area contributed by atoms with Crippen LogP contribution in [-0.4, -0.2) is 52.6 Å². The van der Waals surface area contributed by atoms with Gasteiger partial charge in [0.25, 0.3) is 5.91 Å². The Morgan fingerprint density at radius 1 is 0.730 bits per heavy atom. The summed E-state index contributed by atoms with van der Waals surface area (Å²) in [6, 6.07) is 6.12. The molecule has 0 aromatic heterocycles. The molecule has 0 bridgehead atoms. The molecule has 6 aliphatic carbocycles. The second-order valence-corrected chi connectivity index (χ2v) is 22.0. The van der Waals surface area contributed by atoms with Crippen molar-refractivity contribution < 1.29 is 19.5 Å². The zero-order valence-electron chi connectivity index (χ0n) is 39.6. The summed E-state index contributed by atoms with van der Waals surface area (Å²) in [6.45, 7) is 7.85. The molecule has 2 amide bonds. The van der Waals surface area contributed by atoms with Crippen molar-refractivity contribution in [1.82, 2.24) is 5.01 Å². The van der Waals surface area contributed by atoms with E-state index < -0.39 is 5.41 Å². The molecule has 8 heteroatoms. The van der Waals surface area contributed by atoms with Crippen molar-refractivity contribution in [2.24, 2.45) is 40.1 Å². The third-order valence-electron chi connectivity index (χ3n) is 17.3. The van der Waals surface area contributed by atoms with Crippen LogP contribution >= 0.6 is 0 Å². The molecular weight excluding hydrogens is 781 g/mol. The van der Waals surface area contributed by atoms with Crippen molar-refractivity contribution >= 4 is 40.3 Å². The third-order valence-corrected chi connectivity index (χ3v) is 17.3. The number of nitrogens with zero attached hydrogens (tertiary/aromatic N) is 3. The number of hydrazone groups is 1. The van der Waals surface area contributed by atoms with Gasteiger partial charge in [-0.2, -0.15) is 5.10 Å². The van der Waals surface area contributed by atoms with E-state index in [4.69, 9.17) is 5.10 Å². The van der Waals surface area contributed by atoms with Gasteiger partial charge in [-0.15, -0.1) is 0 Å². The lowest BCUT2D eigenvalue weighted by Crippen LogP contribution is -2.46. The van der Waals surface area contributed by atoms with Gasteiger partial charge in [0.2, 0.25) is 11.7 Å². The third kappa shape index (κ3) is 10.7. The van der Waals surface area contributed by atoms with Crippen LogP contribution in [0.5, 0.6) is 0 Å². The lowest BCUT2D eigenvalue weighted by atomic mass is 9.73. The van der Waals surface area contributed by atoms with Crippen molar-refractivity contribution in [3.05, 3.63) is 40.7 Å². The summed E-state index contributed by atoms with van der Waals surface area (Å²) in [6.07, 6.45) is 34.5. The smallest absolute Gasteiger partial charge is 0.277 e. The fourth-order valence-electron chi connectivity index (χ4n) is 13.0. The van der Waals surface area contributed by atoms with E-state index in [1.807, 2.05) is 31.8 Å². The van der Waals surface area contributed by atoms with Gasteiger partial charge in [0, 0.05) is 29.8 Å². The first-order chi connectivity index (χ1) is 30.6. The van der Waals surface area contributed by atoms with Crippen molar-refractivity contribution in [2.45, 2.75) is 213 Å². The SMILES string of the molecule is CCC(C)(C)C(=O)Nc1cc(N(CCCC2CCCC2)CCCC2CCCC2)ccc1C1=C(O)/C(=C2/C(=O)N(C(C3CCCCC3)C3CCCCC3)N=C2CCC2CCCC2)C1=O. The number of anilines is 2. The molecule has 8 nitrogen and oxygen atoms in total. The molecule has 63 heavy (non-hydrogen) atoms. The van der Waals surface area contributed by atoms with Gasteiger partial charge in [0.15, 0.2) is 0 Å². The maximum absolute atomic E-state index is 15.0. The first-order valence-corrected chi connectivity index (χ1v) is 26.5. The highest BCUT2D eigenvalue weighted by molar-refractivity contribution is 6.44. The van der Waals surface area contributed by atoms with E-state index in [9.17, 15) is 14.7 Å². The van der Waals surface area contributed by atoms with E-state index in [1.165, 1.54) is 128 Å². The normalized spacial score (nSPS) is 23.7. The first kappa shape index (κ1) is 46.1. The van der Waals surface area contributed by atoms with Crippen molar-refractivity contribution in [3.63, 3.8) is 0 Å². The number of carbonyl (C=O) groups is 3. The van der Waals surface area contributed by atoms with E-state index in [1.54, 1.807) is 0 Å². The van der Waals surface area contributed by atoms with Crippen molar-refractivity contribution in [2.75, 3.05) is 23.3 Å². The standard InChI is InChI=1S/C55H82N4O4/c1-4-55(2,3)54(63)56-46-37-43(58(35-17-25-38-19-11-12-20-38)36-18-26-39-21-13-14-22-39)32-33-44(46)47-51(60)49(52(47)61)48-45(34-31-40-23-15-16-24-40)57-59(53(48)62)50(41-27-7-5-8-28-41)42-29-9-6-10-30-42/h32-33,37-42,50,60H,4-31,34-36H2,1-3H3,(H,56,63)/b49-48-. The van der Waals surface area contributed by atoms with Gasteiger partial charge in [-0.3, -0.25) is 14.4 Å². The number of hydrogen-bond donors (Lipinski definition) is 2. The average molecular weight is 863 g/mol. The van der Waals surface area contributed by atoms with E-state index in [0.29, 0.717) is 53.1 Å².